The molecule has 3 aromatic rings. The predicted octanol–water partition coefficient (Wildman–Crippen LogP) is 3.03. The highest BCUT2D eigenvalue weighted by Gasteiger charge is 2.29. The Morgan fingerprint density at radius 3 is 2.68 bits per heavy atom. The Bertz CT molecular complexity index is 1050. The Labute approximate surface area is 183 Å². The molecule has 0 aliphatic carbocycles. The van der Waals surface area contributed by atoms with Crippen molar-refractivity contribution in [3.8, 4) is 5.75 Å². The lowest BCUT2D eigenvalue weighted by Gasteiger charge is -2.42. The maximum Gasteiger partial charge on any atom is 0.233 e. The number of benzene rings is 2. The first kappa shape index (κ1) is 21.1. The van der Waals surface area contributed by atoms with E-state index in [1.165, 1.54) is 11.3 Å². The quantitative estimate of drug-likeness (QED) is 0.667. The fourth-order valence-electron chi connectivity index (χ4n) is 4.38. The number of aryl methyl sites for hydroxylation is 1. The molecule has 6 nitrogen and oxygen atoms in total. The van der Waals surface area contributed by atoms with Crippen molar-refractivity contribution >= 4 is 22.5 Å². The van der Waals surface area contributed by atoms with Crippen molar-refractivity contribution < 1.29 is 9.53 Å². The minimum absolute atomic E-state index is 0.0566. The van der Waals surface area contributed by atoms with E-state index in [0.29, 0.717) is 6.54 Å². The van der Waals surface area contributed by atoms with Crippen LogP contribution in [0.2, 0.25) is 0 Å². The average molecular weight is 419 g/mol. The number of amides is 1. The van der Waals surface area contributed by atoms with Crippen LogP contribution in [0, 0.1) is 6.92 Å². The Morgan fingerprint density at radius 1 is 1.13 bits per heavy atom. The Kier molecular flexibility index (Phi) is 6.37. The maximum absolute atomic E-state index is 12.1. The molecule has 0 radical (unpaired) electrons. The number of nitrogens with one attached hydrogen (secondary N) is 1. The van der Waals surface area contributed by atoms with E-state index in [2.05, 4.69) is 57.6 Å². The molecule has 31 heavy (non-hydrogen) atoms. The number of pyridine rings is 1. The van der Waals surface area contributed by atoms with E-state index in [1.54, 1.807) is 14.2 Å². The average Bonchev–Trinajstić information content (AvgIpc) is 2.80. The number of aromatic nitrogens is 1. The molecule has 6 heteroatoms. The topological polar surface area (TPSA) is 57.7 Å². The summed E-state index contributed by atoms with van der Waals surface area (Å²) >= 11 is 0. The smallest absolute Gasteiger partial charge is 0.233 e. The zero-order valence-corrected chi connectivity index (χ0v) is 18.5. The van der Waals surface area contributed by atoms with Crippen LogP contribution in [0.25, 0.3) is 10.9 Å². The van der Waals surface area contributed by atoms with Crippen LogP contribution < -0.4 is 15.0 Å². The molecule has 1 amide bonds. The summed E-state index contributed by atoms with van der Waals surface area (Å²) in [5.74, 6) is 0.850. The molecule has 1 aliphatic rings. The Hall–Kier alpha value is -3.12. The summed E-state index contributed by atoms with van der Waals surface area (Å²) < 4.78 is 5.56. The van der Waals surface area contributed by atoms with Gasteiger partial charge in [-0.3, -0.25) is 9.69 Å². The van der Waals surface area contributed by atoms with E-state index in [9.17, 15) is 4.79 Å². The van der Waals surface area contributed by atoms with Crippen LogP contribution >= 0.6 is 0 Å². The number of anilines is 1. The van der Waals surface area contributed by atoms with Crippen LogP contribution in [-0.2, 0) is 11.2 Å². The largest absolute Gasteiger partial charge is 0.494 e. The Balaban J connectivity index is 1.65. The summed E-state index contributed by atoms with van der Waals surface area (Å²) in [5, 5.41) is 3.87. The summed E-state index contributed by atoms with van der Waals surface area (Å²) in [6.07, 6.45) is 0.903. The van der Waals surface area contributed by atoms with Gasteiger partial charge in [-0.2, -0.15) is 0 Å². The van der Waals surface area contributed by atoms with Crippen LogP contribution in [0.4, 0.5) is 5.69 Å². The Morgan fingerprint density at radius 2 is 1.94 bits per heavy atom. The number of methoxy groups -OCH3 is 1. The van der Waals surface area contributed by atoms with Gasteiger partial charge in [0.2, 0.25) is 5.91 Å². The fourth-order valence-corrected chi connectivity index (χ4v) is 4.38. The molecule has 162 valence electrons. The summed E-state index contributed by atoms with van der Waals surface area (Å²) in [5.41, 5.74) is 4.32. The van der Waals surface area contributed by atoms with Gasteiger partial charge in [0.25, 0.3) is 0 Å². The second-order valence-electron chi connectivity index (χ2n) is 8.07. The third-order valence-electron chi connectivity index (χ3n) is 6.04. The number of nitrogens with zero attached hydrogens (tertiary/aromatic N) is 3. The third kappa shape index (κ3) is 4.64. The molecule has 1 fully saturated rings. The lowest BCUT2D eigenvalue weighted by molar-refractivity contribution is -0.122. The minimum Gasteiger partial charge on any atom is -0.494 e. The number of hydrogen-bond donors (Lipinski definition) is 1. The lowest BCUT2D eigenvalue weighted by atomic mass is 10.0. The van der Waals surface area contributed by atoms with E-state index >= 15 is 0 Å². The standard InChI is InChI=1S/C25H30N4O2/c1-18-9-10-21-22(11-12-23(31-3)25(21)27-18)29-14-13-28(17-24(30)26-2)20(16-29)15-19-7-5-4-6-8-19/h4-12,20H,13-17H2,1-3H3,(H,26,30)/t20-/m0/s1. The van der Waals surface area contributed by atoms with Gasteiger partial charge in [0, 0.05) is 49.5 Å². The van der Waals surface area contributed by atoms with Crippen molar-refractivity contribution in [3.05, 3.63) is 65.9 Å². The maximum atomic E-state index is 12.1. The van der Waals surface area contributed by atoms with Crippen LogP contribution in [0.5, 0.6) is 5.75 Å². The first-order valence-corrected chi connectivity index (χ1v) is 10.8. The van der Waals surface area contributed by atoms with Crippen molar-refractivity contribution in [3.63, 3.8) is 0 Å². The van der Waals surface area contributed by atoms with Crippen LogP contribution in [0.1, 0.15) is 11.3 Å². The zero-order chi connectivity index (χ0) is 21.8. The molecule has 1 aliphatic heterocycles. The van der Waals surface area contributed by atoms with Gasteiger partial charge < -0.3 is 15.0 Å². The van der Waals surface area contributed by atoms with E-state index in [4.69, 9.17) is 9.72 Å². The SMILES string of the molecule is CNC(=O)CN1CCN(c2ccc(OC)c3nc(C)ccc23)C[C@@H]1Cc1ccccc1. The van der Waals surface area contributed by atoms with Gasteiger partial charge in [-0.25, -0.2) is 4.98 Å². The first-order valence-electron chi connectivity index (χ1n) is 10.8. The van der Waals surface area contributed by atoms with Crippen LogP contribution in [-0.4, -0.2) is 62.2 Å². The van der Waals surface area contributed by atoms with Crippen molar-refractivity contribution in [1.82, 2.24) is 15.2 Å². The first-order chi connectivity index (χ1) is 15.1. The predicted molar refractivity (Wildman–Crippen MR) is 125 cm³/mol. The van der Waals surface area contributed by atoms with E-state index < -0.39 is 0 Å². The van der Waals surface area contributed by atoms with Gasteiger partial charge in [0.1, 0.15) is 11.3 Å². The van der Waals surface area contributed by atoms with Gasteiger partial charge in [-0.15, -0.1) is 0 Å². The molecule has 2 heterocycles. The van der Waals surface area contributed by atoms with Crippen LogP contribution in [0.3, 0.4) is 0 Å². The van der Waals surface area contributed by atoms with Gasteiger partial charge in [-0.1, -0.05) is 30.3 Å². The van der Waals surface area contributed by atoms with Gasteiger partial charge in [-0.05, 0) is 43.2 Å². The normalized spacial score (nSPS) is 17.0. The van der Waals surface area contributed by atoms with E-state index in [1.807, 2.05) is 19.1 Å². The number of carbonyl (C=O) groups is 1. The van der Waals surface area contributed by atoms with Crippen molar-refractivity contribution in [1.29, 1.82) is 0 Å². The lowest BCUT2D eigenvalue weighted by Crippen LogP contribution is -2.56. The summed E-state index contributed by atoms with van der Waals surface area (Å²) in [6.45, 7) is 4.96. The molecule has 1 saturated heterocycles. The number of ether oxygens (including phenoxy) is 1. The van der Waals surface area contributed by atoms with Gasteiger partial charge in [0.05, 0.1) is 13.7 Å². The number of likely N-dealkylation sites (N-methyl/N-ethyl adjacent to an activating group) is 1. The second-order valence-corrected chi connectivity index (χ2v) is 8.07. The molecule has 1 N–H and O–H groups in total. The highest BCUT2D eigenvalue weighted by atomic mass is 16.5. The van der Waals surface area contributed by atoms with Crippen molar-refractivity contribution in [2.45, 2.75) is 19.4 Å². The third-order valence-corrected chi connectivity index (χ3v) is 6.04. The number of rotatable bonds is 6. The number of fused-ring (bicyclic) bond motifs is 1. The molecule has 4 rings (SSSR count). The molecule has 1 aromatic heterocycles. The molecule has 0 spiro atoms. The van der Waals surface area contributed by atoms with Crippen molar-refractivity contribution in [2.24, 2.45) is 0 Å². The van der Waals surface area contributed by atoms with Gasteiger partial charge >= 0.3 is 0 Å². The van der Waals surface area contributed by atoms with Gasteiger partial charge in [0.15, 0.2) is 0 Å². The summed E-state index contributed by atoms with van der Waals surface area (Å²) in [7, 11) is 3.38. The molecule has 2 aromatic carbocycles. The molecule has 0 bridgehead atoms. The molecule has 0 saturated carbocycles. The monoisotopic (exact) mass is 418 g/mol. The summed E-state index contributed by atoms with van der Waals surface area (Å²) in [4.78, 5) is 21.6. The number of carbonyl (C=O) groups excluding carboxylic acids is 1. The number of piperazine rings is 1. The second kappa shape index (κ2) is 9.35. The molecule has 1 atom stereocenters. The molecule has 0 unspecified atom stereocenters. The zero-order valence-electron chi connectivity index (χ0n) is 18.5. The summed E-state index contributed by atoms with van der Waals surface area (Å²) in [6, 6.07) is 19.1. The number of hydrogen-bond acceptors (Lipinski definition) is 5. The minimum atomic E-state index is 0.0566. The fraction of sp³-hybridized carbons (Fsp3) is 0.360. The van der Waals surface area contributed by atoms with E-state index in [-0.39, 0.29) is 11.9 Å². The highest BCUT2D eigenvalue weighted by Crippen LogP contribution is 2.34. The van der Waals surface area contributed by atoms with Crippen molar-refractivity contribution in [2.75, 3.05) is 45.2 Å². The van der Waals surface area contributed by atoms with E-state index in [0.717, 1.165) is 48.4 Å². The van der Waals surface area contributed by atoms with Crippen LogP contribution in [0.15, 0.2) is 54.6 Å². The highest BCUT2D eigenvalue weighted by molar-refractivity contribution is 5.96. The molecular weight excluding hydrogens is 388 g/mol. The molecular formula is C25H30N4O2.